The van der Waals surface area contributed by atoms with Gasteiger partial charge in [0.15, 0.2) is 0 Å². The molecule has 0 aliphatic carbocycles. The maximum Gasteiger partial charge on any atom is 0.264 e. The van der Waals surface area contributed by atoms with Gasteiger partial charge >= 0.3 is 0 Å². The van der Waals surface area contributed by atoms with Crippen molar-refractivity contribution in [1.29, 1.82) is 0 Å². The lowest BCUT2D eigenvalue weighted by Gasteiger charge is -2.33. The highest BCUT2D eigenvalue weighted by atomic mass is 32.1. The Morgan fingerprint density at radius 2 is 1.92 bits per heavy atom. The summed E-state index contributed by atoms with van der Waals surface area (Å²) < 4.78 is 5.40. The van der Waals surface area contributed by atoms with E-state index >= 15 is 0 Å². The predicted octanol–water partition coefficient (Wildman–Crippen LogP) is 3.06. The SMILES string of the molecule is Cc1ccc(-c2noc(CN3CCN(C(=O)c4cccs4)CC3)n2)cc1. The zero-order chi connectivity index (χ0) is 17.9. The maximum atomic E-state index is 12.4. The number of aromatic nitrogens is 2. The number of nitrogens with zero attached hydrogens (tertiary/aromatic N) is 4. The van der Waals surface area contributed by atoms with Crippen LogP contribution in [0, 0.1) is 6.92 Å². The van der Waals surface area contributed by atoms with Gasteiger partial charge in [0.2, 0.25) is 11.7 Å². The molecule has 4 rings (SSSR count). The van der Waals surface area contributed by atoms with Crippen LogP contribution in [0.2, 0.25) is 0 Å². The van der Waals surface area contributed by atoms with E-state index in [9.17, 15) is 4.79 Å². The normalized spacial score (nSPS) is 15.3. The topological polar surface area (TPSA) is 62.5 Å². The number of hydrogen-bond donors (Lipinski definition) is 0. The first-order chi connectivity index (χ1) is 12.7. The molecule has 1 aliphatic rings. The van der Waals surface area contributed by atoms with Crippen LogP contribution in [-0.2, 0) is 6.54 Å². The summed E-state index contributed by atoms with van der Waals surface area (Å²) in [6.07, 6.45) is 0. The first-order valence-corrected chi connectivity index (χ1v) is 9.52. The Morgan fingerprint density at radius 1 is 1.15 bits per heavy atom. The van der Waals surface area contributed by atoms with Crippen LogP contribution in [0.3, 0.4) is 0 Å². The number of carbonyl (C=O) groups is 1. The summed E-state index contributed by atoms with van der Waals surface area (Å²) in [5, 5.41) is 6.02. The molecule has 134 valence electrons. The van der Waals surface area contributed by atoms with Crippen molar-refractivity contribution in [3.05, 3.63) is 58.1 Å². The zero-order valence-electron chi connectivity index (χ0n) is 14.6. The van der Waals surface area contributed by atoms with Crippen molar-refractivity contribution >= 4 is 17.2 Å². The third-order valence-electron chi connectivity index (χ3n) is 4.53. The number of hydrogen-bond acceptors (Lipinski definition) is 6. The summed E-state index contributed by atoms with van der Waals surface area (Å²) in [5.74, 6) is 1.35. The quantitative estimate of drug-likeness (QED) is 0.708. The molecule has 0 unspecified atom stereocenters. The molecule has 6 nitrogen and oxygen atoms in total. The van der Waals surface area contributed by atoms with Crippen molar-refractivity contribution in [2.45, 2.75) is 13.5 Å². The van der Waals surface area contributed by atoms with Gasteiger partial charge in [-0.1, -0.05) is 41.1 Å². The van der Waals surface area contributed by atoms with Crippen LogP contribution in [0.5, 0.6) is 0 Å². The molecule has 1 saturated heterocycles. The lowest BCUT2D eigenvalue weighted by atomic mass is 10.1. The second-order valence-corrected chi connectivity index (χ2v) is 7.37. The molecule has 26 heavy (non-hydrogen) atoms. The molecule has 1 aromatic carbocycles. The van der Waals surface area contributed by atoms with E-state index in [0.717, 1.165) is 36.6 Å². The minimum Gasteiger partial charge on any atom is -0.338 e. The molecule has 3 aromatic rings. The molecule has 0 radical (unpaired) electrons. The van der Waals surface area contributed by atoms with Crippen molar-refractivity contribution < 1.29 is 9.32 Å². The number of thiophene rings is 1. The Bertz CT molecular complexity index is 865. The minimum atomic E-state index is 0.124. The Morgan fingerprint density at radius 3 is 2.62 bits per heavy atom. The summed E-state index contributed by atoms with van der Waals surface area (Å²) in [4.78, 5) is 21.8. The molecule has 0 atom stereocenters. The van der Waals surface area contributed by atoms with E-state index in [-0.39, 0.29) is 5.91 Å². The summed E-state index contributed by atoms with van der Waals surface area (Å²) >= 11 is 1.49. The van der Waals surface area contributed by atoms with Gasteiger partial charge in [0, 0.05) is 31.7 Å². The van der Waals surface area contributed by atoms with Crippen LogP contribution in [0.15, 0.2) is 46.3 Å². The Labute approximate surface area is 156 Å². The van der Waals surface area contributed by atoms with E-state index in [2.05, 4.69) is 15.0 Å². The minimum absolute atomic E-state index is 0.124. The van der Waals surface area contributed by atoms with E-state index in [1.165, 1.54) is 16.9 Å². The van der Waals surface area contributed by atoms with Crippen LogP contribution in [-0.4, -0.2) is 52.0 Å². The fraction of sp³-hybridized carbons (Fsp3) is 0.316. The van der Waals surface area contributed by atoms with Gasteiger partial charge in [0.1, 0.15) is 0 Å². The van der Waals surface area contributed by atoms with Gasteiger partial charge in [-0.15, -0.1) is 11.3 Å². The largest absolute Gasteiger partial charge is 0.338 e. The molecule has 2 aromatic heterocycles. The lowest BCUT2D eigenvalue weighted by molar-refractivity contribution is 0.0620. The van der Waals surface area contributed by atoms with Gasteiger partial charge < -0.3 is 9.42 Å². The number of carbonyl (C=O) groups excluding carboxylic acids is 1. The highest BCUT2D eigenvalue weighted by Gasteiger charge is 2.23. The average molecular weight is 368 g/mol. The number of benzene rings is 1. The van der Waals surface area contributed by atoms with E-state index in [4.69, 9.17) is 4.52 Å². The molecule has 1 aliphatic heterocycles. The number of amides is 1. The third-order valence-corrected chi connectivity index (χ3v) is 5.39. The third kappa shape index (κ3) is 3.68. The van der Waals surface area contributed by atoms with Gasteiger partial charge in [-0.25, -0.2) is 0 Å². The van der Waals surface area contributed by atoms with E-state index in [1.807, 2.05) is 53.6 Å². The summed E-state index contributed by atoms with van der Waals surface area (Å²) in [7, 11) is 0. The van der Waals surface area contributed by atoms with E-state index in [1.54, 1.807) is 0 Å². The summed E-state index contributed by atoms with van der Waals surface area (Å²) in [6.45, 7) is 5.71. The second-order valence-electron chi connectivity index (χ2n) is 6.42. The molecule has 0 saturated carbocycles. The van der Waals surface area contributed by atoms with Crippen LogP contribution in [0.1, 0.15) is 21.1 Å². The van der Waals surface area contributed by atoms with Gasteiger partial charge in [-0.05, 0) is 18.4 Å². The van der Waals surface area contributed by atoms with E-state index < -0.39 is 0 Å². The van der Waals surface area contributed by atoms with Crippen LogP contribution in [0.4, 0.5) is 0 Å². The number of piperazine rings is 1. The van der Waals surface area contributed by atoms with Gasteiger partial charge in [0.25, 0.3) is 5.91 Å². The zero-order valence-corrected chi connectivity index (χ0v) is 15.4. The Hall–Kier alpha value is -2.51. The first kappa shape index (κ1) is 16.9. The molecule has 0 bridgehead atoms. The van der Waals surface area contributed by atoms with Crippen molar-refractivity contribution in [2.75, 3.05) is 26.2 Å². The highest BCUT2D eigenvalue weighted by Crippen LogP contribution is 2.18. The number of rotatable bonds is 4. The Kier molecular flexibility index (Phi) is 4.81. The van der Waals surface area contributed by atoms with Crippen LogP contribution in [0.25, 0.3) is 11.4 Å². The van der Waals surface area contributed by atoms with Crippen molar-refractivity contribution in [3.8, 4) is 11.4 Å². The first-order valence-electron chi connectivity index (χ1n) is 8.64. The monoisotopic (exact) mass is 368 g/mol. The molecule has 0 spiro atoms. The van der Waals surface area contributed by atoms with Crippen LogP contribution >= 0.6 is 11.3 Å². The van der Waals surface area contributed by atoms with Gasteiger partial charge in [-0.2, -0.15) is 4.98 Å². The summed E-state index contributed by atoms with van der Waals surface area (Å²) in [5.41, 5.74) is 2.16. The maximum absolute atomic E-state index is 12.4. The fourth-order valence-electron chi connectivity index (χ4n) is 3.00. The molecular formula is C19H20N4O2S. The predicted molar refractivity (Wildman–Crippen MR) is 100.0 cm³/mol. The van der Waals surface area contributed by atoms with Gasteiger partial charge in [0.05, 0.1) is 11.4 Å². The molecule has 3 heterocycles. The highest BCUT2D eigenvalue weighted by molar-refractivity contribution is 7.12. The Balaban J connectivity index is 1.33. The molecular weight excluding hydrogens is 348 g/mol. The second kappa shape index (κ2) is 7.39. The average Bonchev–Trinajstić information content (AvgIpc) is 3.35. The summed E-state index contributed by atoms with van der Waals surface area (Å²) in [6, 6.07) is 11.9. The van der Waals surface area contributed by atoms with Crippen molar-refractivity contribution in [2.24, 2.45) is 0 Å². The molecule has 1 fully saturated rings. The molecule has 0 N–H and O–H groups in total. The molecule has 1 amide bonds. The van der Waals surface area contributed by atoms with Crippen molar-refractivity contribution in [1.82, 2.24) is 19.9 Å². The van der Waals surface area contributed by atoms with Crippen LogP contribution < -0.4 is 0 Å². The van der Waals surface area contributed by atoms with E-state index in [0.29, 0.717) is 18.3 Å². The molecule has 7 heteroatoms. The fourth-order valence-corrected chi connectivity index (χ4v) is 3.69. The van der Waals surface area contributed by atoms with Crippen molar-refractivity contribution in [3.63, 3.8) is 0 Å². The lowest BCUT2D eigenvalue weighted by Crippen LogP contribution is -2.48. The smallest absolute Gasteiger partial charge is 0.264 e. The standard InChI is InChI=1S/C19H20N4O2S/c1-14-4-6-15(7-5-14)18-20-17(25-21-18)13-22-8-10-23(11-9-22)19(24)16-3-2-12-26-16/h2-7,12H,8-11,13H2,1H3. The number of aryl methyl sites for hydroxylation is 1. The van der Waals surface area contributed by atoms with Gasteiger partial charge in [-0.3, -0.25) is 9.69 Å².